The fourth-order valence-electron chi connectivity index (χ4n) is 1.33. The number of phenolic OH excluding ortho intramolecular Hbond substituents is 1. The summed E-state index contributed by atoms with van der Waals surface area (Å²) < 4.78 is 0. The highest BCUT2D eigenvalue weighted by Gasteiger charge is 2.10. The molecular weight excluding hydrogens is 204 g/mol. The topological polar surface area (TPSA) is 73.2 Å². The van der Waals surface area contributed by atoms with Crippen LogP contribution in [0.2, 0.25) is 0 Å². The van der Waals surface area contributed by atoms with Gasteiger partial charge in [0.05, 0.1) is 5.69 Å². The molecule has 0 aliphatic heterocycles. The first-order chi connectivity index (χ1) is 7.66. The quantitative estimate of drug-likeness (QED) is 0.519. The van der Waals surface area contributed by atoms with Gasteiger partial charge in [-0.15, -0.1) is 0 Å². The Balaban J connectivity index is 2.21. The Bertz CT molecular complexity index is 516. The monoisotopic (exact) mass is 214 g/mol. The summed E-state index contributed by atoms with van der Waals surface area (Å²) in [5.41, 5.74) is 1.05. The first kappa shape index (κ1) is 10.2. The summed E-state index contributed by atoms with van der Waals surface area (Å²) in [5.74, 6) is -0.231. The molecule has 80 valence electrons. The minimum atomic E-state index is -0.347. The smallest absolute Gasteiger partial charge is 0.205 e. The van der Waals surface area contributed by atoms with E-state index in [0.29, 0.717) is 11.4 Å². The van der Waals surface area contributed by atoms with E-state index in [4.69, 9.17) is 5.41 Å². The molecule has 0 spiro atoms. The molecule has 0 bridgehead atoms. The van der Waals surface area contributed by atoms with Crippen molar-refractivity contribution in [1.29, 1.82) is 5.41 Å². The summed E-state index contributed by atoms with van der Waals surface area (Å²) in [4.78, 5) is 11.2. The molecule has 0 saturated carbocycles. The number of benzene rings is 1. The van der Waals surface area contributed by atoms with E-state index >= 15 is 0 Å². The third-order valence-electron chi connectivity index (χ3n) is 2.16. The number of aromatic hydroxyl groups is 1. The van der Waals surface area contributed by atoms with Crippen molar-refractivity contribution in [1.82, 2.24) is 0 Å². The number of allylic oxidation sites excluding steroid dienone is 3. The number of anilines is 1. The Morgan fingerprint density at radius 1 is 1.19 bits per heavy atom. The third-order valence-corrected chi connectivity index (χ3v) is 2.16. The lowest BCUT2D eigenvalue weighted by molar-refractivity contribution is -0.108. The van der Waals surface area contributed by atoms with Crippen molar-refractivity contribution in [2.24, 2.45) is 0 Å². The molecular formula is C12H10N2O2. The van der Waals surface area contributed by atoms with Crippen molar-refractivity contribution in [3.8, 4) is 5.75 Å². The van der Waals surface area contributed by atoms with E-state index in [1.165, 1.54) is 12.2 Å². The molecule has 4 heteroatoms. The largest absolute Gasteiger partial charge is 0.506 e. The highest BCUT2D eigenvalue weighted by atomic mass is 16.3. The predicted octanol–water partition coefficient (Wildman–Crippen LogP) is 1.85. The molecule has 0 amide bonds. The number of hydrogen-bond acceptors (Lipinski definition) is 4. The van der Waals surface area contributed by atoms with Gasteiger partial charge in [0, 0.05) is 11.8 Å². The van der Waals surface area contributed by atoms with E-state index in [1.807, 2.05) is 0 Å². The van der Waals surface area contributed by atoms with Gasteiger partial charge < -0.3 is 10.4 Å². The van der Waals surface area contributed by atoms with E-state index in [1.54, 1.807) is 30.3 Å². The Morgan fingerprint density at radius 3 is 2.62 bits per heavy atom. The normalized spacial score (nSPS) is 14.9. The van der Waals surface area contributed by atoms with Gasteiger partial charge in [0.15, 0.2) is 0 Å². The Kier molecular flexibility index (Phi) is 2.55. The molecule has 0 radical (unpaired) electrons. The maximum atomic E-state index is 11.2. The number of carbonyl (C=O) groups excluding carboxylic acids is 1. The Labute approximate surface area is 92.4 Å². The number of ketones is 1. The van der Waals surface area contributed by atoms with Crippen LogP contribution in [-0.2, 0) is 4.79 Å². The second-order valence-corrected chi connectivity index (χ2v) is 3.35. The summed E-state index contributed by atoms with van der Waals surface area (Å²) in [5, 5.41) is 19.7. The molecule has 1 aromatic carbocycles. The van der Waals surface area contributed by atoms with Crippen molar-refractivity contribution < 1.29 is 9.90 Å². The number of rotatable bonds is 2. The summed E-state index contributed by atoms with van der Waals surface area (Å²) in [7, 11) is 0. The lowest BCUT2D eigenvalue weighted by Gasteiger charge is -2.11. The van der Waals surface area contributed by atoms with Gasteiger partial charge in [-0.05, 0) is 24.3 Å². The minimum Gasteiger partial charge on any atom is -0.506 e. The van der Waals surface area contributed by atoms with Crippen molar-refractivity contribution in [3.63, 3.8) is 0 Å². The summed E-state index contributed by atoms with van der Waals surface area (Å²) in [6.07, 6.45) is 4.37. The van der Waals surface area contributed by atoms with Crippen LogP contribution in [0.3, 0.4) is 0 Å². The van der Waals surface area contributed by atoms with Crippen molar-refractivity contribution in [2.75, 3.05) is 5.32 Å². The zero-order valence-corrected chi connectivity index (χ0v) is 8.40. The van der Waals surface area contributed by atoms with Gasteiger partial charge in [0.1, 0.15) is 11.5 Å². The van der Waals surface area contributed by atoms with E-state index in [-0.39, 0.29) is 17.2 Å². The maximum Gasteiger partial charge on any atom is 0.205 e. The van der Waals surface area contributed by atoms with Crippen LogP contribution >= 0.6 is 0 Å². The molecule has 1 aromatic rings. The lowest BCUT2D eigenvalue weighted by Crippen LogP contribution is -2.13. The summed E-state index contributed by atoms with van der Waals surface area (Å²) in [6.45, 7) is 0. The van der Waals surface area contributed by atoms with Gasteiger partial charge >= 0.3 is 0 Å². The predicted molar refractivity (Wildman–Crippen MR) is 61.7 cm³/mol. The zero-order valence-electron chi connectivity index (χ0n) is 8.40. The Hall–Kier alpha value is -2.36. The molecule has 4 nitrogen and oxygen atoms in total. The van der Waals surface area contributed by atoms with Crippen molar-refractivity contribution in [2.45, 2.75) is 0 Å². The lowest BCUT2D eigenvalue weighted by atomic mass is 10.1. The SMILES string of the molecule is N=C1C=CC(Nc2ccccc2O)=CC1=O. The van der Waals surface area contributed by atoms with Gasteiger partial charge in [-0.2, -0.15) is 0 Å². The van der Waals surface area contributed by atoms with Gasteiger partial charge in [0.25, 0.3) is 0 Å². The third kappa shape index (κ3) is 2.00. The first-order valence-electron chi connectivity index (χ1n) is 4.74. The first-order valence-corrected chi connectivity index (χ1v) is 4.74. The van der Waals surface area contributed by atoms with Crippen LogP contribution in [0, 0.1) is 5.41 Å². The average molecular weight is 214 g/mol. The minimum absolute atomic E-state index is 0.0390. The number of nitrogens with one attached hydrogen (secondary N) is 2. The number of phenols is 1. The highest BCUT2D eigenvalue weighted by Crippen LogP contribution is 2.23. The molecule has 0 fully saturated rings. The van der Waals surface area contributed by atoms with E-state index in [9.17, 15) is 9.90 Å². The fourth-order valence-corrected chi connectivity index (χ4v) is 1.33. The number of hydrogen-bond donors (Lipinski definition) is 3. The molecule has 1 aliphatic rings. The van der Waals surface area contributed by atoms with E-state index < -0.39 is 0 Å². The standard InChI is InChI=1S/C12H10N2O2/c13-9-6-5-8(7-12(9)16)14-10-3-1-2-4-11(10)15/h1-7,13-15H. The van der Waals surface area contributed by atoms with Crippen LogP contribution in [0.5, 0.6) is 5.75 Å². The molecule has 0 unspecified atom stereocenters. The Morgan fingerprint density at radius 2 is 1.94 bits per heavy atom. The molecule has 2 rings (SSSR count). The van der Waals surface area contributed by atoms with Crippen molar-refractivity contribution >= 4 is 17.2 Å². The van der Waals surface area contributed by atoms with Gasteiger partial charge in [0.2, 0.25) is 5.78 Å². The van der Waals surface area contributed by atoms with Crippen LogP contribution < -0.4 is 5.32 Å². The molecule has 0 heterocycles. The van der Waals surface area contributed by atoms with Gasteiger partial charge in [-0.1, -0.05) is 12.1 Å². The second-order valence-electron chi connectivity index (χ2n) is 3.35. The van der Waals surface area contributed by atoms with Gasteiger partial charge in [-0.25, -0.2) is 0 Å². The van der Waals surface area contributed by atoms with E-state index in [0.717, 1.165) is 0 Å². The second kappa shape index (κ2) is 4.02. The zero-order chi connectivity index (χ0) is 11.5. The van der Waals surface area contributed by atoms with Crippen LogP contribution in [0.1, 0.15) is 0 Å². The van der Waals surface area contributed by atoms with E-state index in [2.05, 4.69) is 5.32 Å². The summed E-state index contributed by atoms with van der Waals surface area (Å²) in [6, 6.07) is 6.75. The molecule has 0 saturated heterocycles. The fraction of sp³-hybridized carbons (Fsp3) is 0. The molecule has 1 aliphatic carbocycles. The molecule has 16 heavy (non-hydrogen) atoms. The van der Waals surface area contributed by atoms with Gasteiger partial charge in [-0.3, -0.25) is 10.2 Å². The maximum absolute atomic E-state index is 11.2. The molecule has 3 N–H and O–H groups in total. The van der Waals surface area contributed by atoms with Crippen LogP contribution in [0.15, 0.2) is 48.2 Å². The van der Waals surface area contributed by atoms with Crippen molar-refractivity contribution in [3.05, 3.63) is 48.2 Å². The number of para-hydroxylation sites is 2. The van der Waals surface area contributed by atoms with Crippen LogP contribution in [0.25, 0.3) is 0 Å². The highest BCUT2D eigenvalue weighted by molar-refractivity contribution is 6.47. The average Bonchev–Trinajstić information content (AvgIpc) is 2.27. The summed E-state index contributed by atoms with van der Waals surface area (Å²) >= 11 is 0. The van der Waals surface area contributed by atoms with Crippen LogP contribution in [0.4, 0.5) is 5.69 Å². The molecule has 0 aromatic heterocycles. The van der Waals surface area contributed by atoms with Crippen LogP contribution in [-0.4, -0.2) is 16.6 Å². The molecule has 0 atom stereocenters. The number of carbonyl (C=O) groups is 1.